The molecule has 0 aromatic carbocycles. The molecule has 0 bridgehead atoms. The van der Waals surface area contributed by atoms with Crippen molar-refractivity contribution in [3.05, 3.63) is 11.9 Å². The summed E-state index contributed by atoms with van der Waals surface area (Å²) in [6, 6.07) is 0. The summed E-state index contributed by atoms with van der Waals surface area (Å²) in [4.78, 5) is 20.1. The van der Waals surface area contributed by atoms with Gasteiger partial charge in [0.05, 0.1) is 0 Å². The van der Waals surface area contributed by atoms with Crippen molar-refractivity contribution in [2.24, 2.45) is 5.92 Å². The van der Waals surface area contributed by atoms with Crippen molar-refractivity contribution in [2.75, 3.05) is 30.3 Å². The summed E-state index contributed by atoms with van der Waals surface area (Å²) >= 11 is 0. The fraction of sp³-hybridized carbons (Fsp3) is 0.667. The Hall–Kier alpha value is -1.85. The van der Waals surface area contributed by atoms with Crippen LogP contribution in [0.1, 0.15) is 39.2 Å². The summed E-state index contributed by atoms with van der Waals surface area (Å²) in [5.41, 5.74) is 0.980. The van der Waals surface area contributed by atoms with E-state index < -0.39 is 0 Å². The van der Waals surface area contributed by atoms with Crippen LogP contribution >= 0.6 is 0 Å². The van der Waals surface area contributed by atoms with Crippen molar-refractivity contribution in [1.29, 1.82) is 0 Å². The predicted octanol–water partition coefficient (Wildman–Crippen LogP) is 2.18. The van der Waals surface area contributed by atoms with Crippen molar-refractivity contribution in [3.8, 4) is 0 Å². The number of aromatic nitrogens is 2. The molecule has 0 radical (unpaired) electrons. The maximum Gasteiger partial charge on any atom is 0.221 e. The molecular formula is C15H27N5O. The largest absolute Gasteiger partial charge is 0.370 e. The molecule has 0 spiro atoms. The highest BCUT2D eigenvalue weighted by Crippen LogP contribution is 2.17. The molecule has 1 heterocycles. The van der Waals surface area contributed by atoms with Gasteiger partial charge in [0.1, 0.15) is 18.0 Å². The van der Waals surface area contributed by atoms with Gasteiger partial charge >= 0.3 is 0 Å². The van der Waals surface area contributed by atoms with Crippen LogP contribution in [0.15, 0.2) is 6.33 Å². The smallest absolute Gasteiger partial charge is 0.221 e. The normalized spacial score (nSPS) is 10.5. The number of amides is 1. The Balaban J connectivity index is 2.43. The first kappa shape index (κ1) is 17.2. The maximum atomic E-state index is 11.6. The minimum absolute atomic E-state index is 0.0623. The third kappa shape index (κ3) is 6.42. The molecule has 0 aliphatic rings. The molecular weight excluding hydrogens is 266 g/mol. The molecule has 118 valence electrons. The first-order valence-corrected chi connectivity index (χ1v) is 7.60. The number of carbonyl (C=O) groups is 1. The van der Waals surface area contributed by atoms with E-state index in [2.05, 4.69) is 46.7 Å². The second kappa shape index (κ2) is 9.15. The lowest BCUT2D eigenvalue weighted by Crippen LogP contribution is -2.28. The van der Waals surface area contributed by atoms with Crippen LogP contribution in [0.5, 0.6) is 0 Å². The second-order valence-corrected chi connectivity index (χ2v) is 5.50. The molecule has 1 amide bonds. The van der Waals surface area contributed by atoms with E-state index in [9.17, 15) is 4.79 Å². The van der Waals surface area contributed by atoms with Crippen LogP contribution in [0.3, 0.4) is 0 Å². The summed E-state index contributed by atoms with van der Waals surface area (Å²) in [5.74, 6) is 2.16. The average Bonchev–Trinajstić information content (AvgIpc) is 2.45. The maximum absolute atomic E-state index is 11.6. The predicted molar refractivity (Wildman–Crippen MR) is 86.5 cm³/mol. The van der Waals surface area contributed by atoms with Gasteiger partial charge in [-0.05, 0) is 19.3 Å². The lowest BCUT2D eigenvalue weighted by Gasteiger charge is -2.12. The number of nitrogens with one attached hydrogen (secondary N) is 3. The fourth-order valence-electron chi connectivity index (χ4n) is 1.75. The van der Waals surface area contributed by atoms with Gasteiger partial charge in [0.2, 0.25) is 5.91 Å². The van der Waals surface area contributed by atoms with E-state index in [0.717, 1.165) is 36.7 Å². The highest BCUT2D eigenvalue weighted by atomic mass is 16.1. The number of carbonyl (C=O) groups excluding carboxylic acids is 1. The molecule has 6 heteroatoms. The Morgan fingerprint density at radius 3 is 2.38 bits per heavy atom. The zero-order chi connectivity index (χ0) is 15.7. The molecule has 3 N–H and O–H groups in total. The molecule has 6 nitrogen and oxygen atoms in total. The SMILES string of the molecule is CCCNc1ncnc(NCCC(=O)NCC(C)C)c1C. The first-order chi connectivity index (χ1) is 10.0. The summed E-state index contributed by atoms with van der Waals surface area (Å²) in [5, 5.41) is 9.36. The molecule has 0 atom stereocenters. The van der Waals surface area contributed by atoms with Gasteiger partial charge in [-0.25, -0.2) is 9.97 Å². The molecule has 0 aliphatic heterocycles. The number of nitrogens with zero attached hydrogens (tertiary/aromatic N) is 2. The quantitative estimate of drug-likeness (QED) is 0.650. The number of hydrogen-bond donors (Lipinski definition) is 3. The third-order valence-corrected chi connectivity index (χ3v) is 2.98. The van der Waals surface area contributed by atoms with Crippen LogP contribution < -0.4 is 16.0 Å². The number of hydrogen-bond acceptors (Lipinski definition) is 5. The molecule has 0 fully saturated rings. The van der Waals surface area contributed by atoms with Crippen LogP contribution in [-0.2, 0) is 4.79 Å². The lowest BCUT2D eigenvalue weighted by molar-refractivity contribution is -0.120. The second-order valence-electron chi connectivity index (χ2n) is 5.50. The van der Waals surface area contributed by atoms with Gasteiger partial charge in [0.25, 0.3) is 0 Å². The van der Waals surface area contributed by atoms with Gasteiger partial charge < -0.3 is 16.0 Å². The molecule has 0 saturated heterocycles. The minimum Gasteiger partial charge on any atom is -0.370 e. The van der Waals surface area contributed by atoms with Crippen LogP contribution in [0.4, 0.5) is 11.6 Å². The zero-order valence-corrected chi connectivity index (χ0v) is 13.5. The molecule has 0 aliphatic carbocycles. The lowest BCUT2D eigenvalue weighted by atomic mass is 10.2. The van der Waals surface area contributed by atoms with Gasteiger partial charge in [-0.15, -0.1) is 0 Å². The first-order valence-electron chi connectivity index (χ1n) is 7.60. The molecule has 0 saturated carbocycles. The Kier molecular flexibility index (Phi) is 7.50. The van der Waals surface area contributed by atoms with E-state index in [4.69, 9.17) is 0 Å². The summed E-state index contributed by atoms with van der Waals surface area (Å²) in [7, 11) is 0. The summed E-state index contributed by atoms with van der Waals surface area (Å²) in [6.07, 6.45) is 3.02. The Bertz CT molecular complexity index is 448. The Labute approximate surface area is 127 Å². The van der Waals surface area contributed by atoms with Gasteiger partial charge in [-0.3, -0.25) is 4.79 Å². The molecule has 1 rings (SSSR count). The fourth-order valence-corrected chi connectivity index (χ4v) is 1.75. The van der Waals surface area contributed by atoms with Crippen molar-refractivity contribution in [1.82, 2.24) is 15.3 Å². The van der Waals surface area contributed by atoms with Crippen molar-refractivity contribution in [2.45, 2.75) is 40.5 Å². The highest BCUT2D eigenvalue weighted by Gasteiger charge is 2.07. The summed E-state index contributed by atoms with van der Waals surface area (Å²) in [6.45, 7) is 10.4. The molecule has 0 unspecified atom stereocenters. The van der Waals surface area contributed by atoms with Gasteiger partial charge in [0.15, 0.2) is 0 Å². The van der Waals surface area contributed by atoms with E-state index in [1.54, 1.807) is 0 Å². The van der Waals surface area contributed by atoms with Gasteiger partial charge in [-0.2, -0.15) is 0 Å². The van der Waals surface area contributed by atoms with E-state index in [1.807, 2.05) is 6.92 Å². The average molecular weight is 293 g/mol. The van der Waals surface area contributed by atoms with Crippen molar-refractivity contribution < 1.29 is 4.79 Å². The van der Waals surface area contributed by atoms with Crippen LogP contribution in [0.25, 0.3) is 0 Å². The van der Waals surface area contributed by atoms with Crippen LogP contribution in [0, 0.1) is 12.8 Å². The highest BCUT2D eigenvalue weighted by molar-refractivity contribution is 5.76. The minimum atomic E-state index is 0.0623. The van der Waals surface area contributed by atoms with Crippen LogP contribution in [-0.4, -0.2) is 35.5 Å². The Morgan fingerprint density at radius 2 is 1.81 bits per heavy atom. The van der Waals surface area contributed by atoms with E-state index in [-0.39, 0.29) is 5.91 Å². The van der Waals surface area contributed by atoms with E-state index in [1.165, 1.54) is 6.33 Å². The Morgan fingerprint density at radius 1 is 1.19 bits per heavy atom. The van der Waals surface area contributed by atoms with E-state index >= 15 is 0 Å². The molecule has 21 heavy (non-hydrogen) atoms. The monoisotopic (exact) mass is 293 g/mol. The standard InChI is InChI=1S/C15H27N5O/c1-5-7-16-14-12(4)15(20-10-19-14)17-8-6-13(21)18-9-11(2)3/h10-11H,5-9H2,1-4H3,(H,18,21)(H2,16,17,19,20). The third-order valence-electron chi connectivity index (χ3n) is 2.98. The number of rotatable bonds is 9. The summed E-state index contributed by atoms with van der Waals surface area (Å²) < 4.78 is 0. The topological polar surface area (TPSA) is 78.9 Å². The van der Waals surface area contributed by atoms with Crippen molar-refractivity contribution >= 4 is 17.5 Å². The van der Waals surface area contributed by atoms with E-state index in [0.29, 0.717) is 18.9 Å². The van der Waals surface area contributed by atoms with Crippen LogP contribution in [0.2, 0.25) is 0 Å². The van der Waals surface area contributed by atoms with Gasteiger partial charge in [-0.1, -0.05) is 20.8 Å². The van der Waals surface area contributed by atoms with Gasteiger partial charge in [0, 0.05) is 31.6 Å². The molecule has 1 aromatic rings. The zero-order valence-electron chi connectivity index (χ0n) is 13.5. The van der Waals surface area contributed by atoms with Crippen molar-refractivity contribution in [3.63, 3.8) is 0 Å². The molecule has 1 aromatic heterocycles. The number of anilines is 2.